The third kappa shape index (κ3) is 1.95. The van der Waals surface area contributed by atoms with Crippen molar-refractivity contribution in [2.24, 2.45) is 39.9 Å². The van der Waals surface area contributed by atoms with Gasteiger partial charge in [0.1, 0.15) is 0 Å². The van der Waals surface area contributed by atoms with Gasteiger partial charge in [0.2, 0.25) is 11.8 Å². The molecule has 1 aliphatic heterocycles. The van der Waals surface area contributed by atoms with Crippen molar-refractivity contribution in [1.29, 1.82) is 0 Å². The topological polar surface area (TPSA) is 37.4 Å². The Morgan fingerprint density at radius 3 is 2.03 bits per heavy atom. The minimum atomic E-state index is -1.67. The van der Waals surface area contributed by atoms with E-state index in [9.17, 15) is 9.59 Å². The van der Waals surface area contributed by atoms with Gasteiger partial charge in [0.25, 0.3) is 0 Å². The first-order chi connectivity index (χ1) is 14.4. The molecule has 1 saturated heterocycles. The van der Waals surface area contributed by atoms with E-state index in [2.05, 4.69) is 47.3 Å². The van der Waals surface area contributed by atoms with E-state index in [0.29, 0.717) is 16.9 Å². The highest BCUT2D eigenvalue weighted by Crippen LogP contribution is 2.84. The van der Waals surface area contributed by atoms with E-state index < -0.39 is 8.07 Å². The number of hydrogen-bond acceptors (Lipinski definition) is 2. The number of fused-ring (bicyclic) bond motifs is 5. The Morgan fingerprint density at radius 1 is 0.903 bits per heavy atom. The quantitative estimate of drug-likeness (QED) is 0.331. The van der Waals surface area contributed by atoms with Crippen molar-refractivity contribution in [3.8, 4) is 0 Å². The van der Waals surface area contributed by atoms with Crippen molar-refractivity contribution in [2.75, 3.05) is 4.90 Å². The molecule has 5 aliphatic carbocycles. The van der Waals surface area contributed by atoms with Crippen LogP contribution in [-0.2, 0) is 9.59 Å². The first-order valence-electron chi connectivity index (χ1n) is 12.0. The van der Waals surface area contributed by atoms with Gasteiger partial charge in [-0.1, -0.05) is 76.7 Å². The SMILES string of the molecule is CC1(C)[C@H]2CC3=C([C@H]1C2)[C@]1(C)[C@@H]([Si](C)(C)C)[C@]3(C)[C@H]2C(=O)N(c3ccccc3)C(=O)[C@H]21. The first-order valence-corrected chi connectivity index (χ1v) is 15.6. The van der Waals surface area contributed by atoms with Crippen molar-refractivity contribution in [3.63, 3.8) is 0 Å². The predicted octanol–water partition coefficient (Wildman–Crippen LogP) is 5.90. The number of carbonyl (C=O) groups excluding carboxylic acids is 2. The molecule has 2 amide bonds. The van der Waals surface area contributed by atoms with Crippen LogP contribution in [-0.4, -0.2) is 19.9 Å². The van der Waals surface area contributed by atoms with Gasteiger partial charge in [-0.2, -0.15) is 0 Å². The summed E-state index contributed by atoms with van der Waals surface area (Å²) in [6, 6.07) is 9.61. The van der Waals surface area contributed by atoms with Crippen LogP contribution in [0.4, 0.5) is 5.69 Å². The van der Waals surface area contributed by atoms with Crippen LogP contribution in [0.3, 0.4) is 0 Å². The van der Waals surface area contributed by atoms with E-state index in [4.69, 9.17) is 0 Å². The van der Waals surface area contributed by atoms with E-state index in [-0.39, 0.29) is 34.5 Å². The summed E-state index contributed by atoms with van der Waals surface area (Å²) in [5.41, 5.74) is 4.39. The fraction of sp³-hybridized carbons (Fsp3) is 0.630. The first kappa shape index (κ1) is 20.0. The van der Waals surface area contributed by atoms with Crippen LogP contribution in [0, 0.1) is 39.9 Å². The Bertz CT molecular complexity index is 1070. The number of imide groups is 1. The number of nitrogens with zero attached hydrogens (tertiary/aromatic N) is 1. The van der Waals surface area contributed by atoms with E-state index in [1.54, 1.807) is 16.0 Å². The monoisotopic (exact) mass is 433 g/mol. The number of rotatable bonds is 2. The molecule has 31 heavy (non-hydrogen) atoms. The maximum absolute atomic E-state index is 14.1. The van der Waals surface area contributed by atoms with E-state index in [0.717, 1.165) is 18.0 Å². The highest BCUT2D eigenvalue weighted by Gasteiger charge is 2.82. The summed E-state index contributed by atoms with van der Waals surface area (Å²) in [4.78, 5) is 29.6. The zero-order chi connectivity index (χ0) is 22.3. The van der Waals surface area contributed by atoms with Gasteiger partial charge in [-0.25, -0.2) is 0 Å². The Balaban J connectivity index is 1.58. The average Bonchev–Trinajstić information content (AvgIpc) is 3.19. The van der Waals surface area contributed by atoms with Crippen molar-refractivity contribution in [1.82, 2.24) is 0 Å². The molecule has 1 aromatic rings. The van der Waals surface area contributed by atoms with Gasteiger partial charge in [0.05, 0.1) is 17.5 Å². The van der Waals surface area contributed by atoms with E-state index in [1.807, 2.05) is 30.3 Å². The highest BCUT2D eigenvalue weighted by molar-refractivity contribution is 6.78. The summed E-state index contributed by atoms with van der Waals surface area (Å²) in [5.74, 6) is 1.04. The van der Waals surface area contributed by atoms with Gasteiger partial charge in [0.15, 0.2) is 0 Å². The maximum atomic E-state index is 14.1. The summed E-state index contributed by atoms with van der Waals surface area (Å²) in [5, 5.41) is 0. The minimum absolute atomic E-state index is 0.0562. The normalized spacial score (nSPS) is 44.5. The van der Waals surface area contributed by atoms with Crippen LogP contribution in [0.15, 0.2) is 41.5 Å². The maximum Gasteiger partial charge on any atom is 0.238 e. The lowest BCUT2D eigenvalue weighted by Crippen LogP contribution is -2.54. The zero-order valence-corrected chi connectivity index (χ0v) is 21.0. The Hall–Kier alpha value is -1.68. The van der Waals surface area contributed by atoms with Crippen molar-refractivity contribution in [2.45, 2.75) is 65.7 Å². The molecule has 7 rings (SSSR count). The van der Waals surface area contributed by atoms with Crippen LogP contribution in [0.2, 0.25) is 25.2 Å². The second kappa shape index (κ2) is 5.44. The molecular weight excluding hydrogens is 398 g/mol. The largest absolute Gasteiger partial charge is 0.274 e. The third-order valence-electron chi connectivity index (χ3n) is 10.5. The van der Waals surface area contributed by atoms with Crippen LogP contribution < -0.4 is 4.90 Å². The average molecular weight is 434 g/mol. The van der Waals surface area contributed by atoms with Crippen molar-refractivity contribution >= 4 is 25.6 Å². The summed E-state index contributed by atoms with van der Waals surface area (Å²) < 4.78 is 0. The van der Waals surface area contributed by atoms with Gasteiger partial charge in [-0.05, 0) is 47.8 Å². The summed E-state index contributed by atoms with van der Waals surface area (Å²) in [6.45, 7) is 17.1. The smallest absolute Gasteiger partial charge is 0.238 e. The van der Waals surface area contributed by atoms with Crippen LogP contribution >= 0.6 is 0 Å². The number of hydrogen-bond donors (Lipinski definition) is 0. The number of allylic oxidation sites excluding steroid dienone is 2. The number of amides is 2. The van der Waals surface area contributed by atoms with E-state index >= 15 is 0 Å². The molecule has 2 saturated carbocycles. The van der Waals surface area contributed by atoms with Gasteiger partial charge < -0.3 is 0 Å². The van der Waals surface area contributed by atoms with Gasteiger partial charge in [-0.15, -0.1) is 0 Å². The van der Waals surface area contributed by atoms with E-state index in [1.165, 1.54) is 6.42 Å². The third-order valence-corrected chi connectivity index (χ3v) is 13.4. The fourth-order valence-electron chi connectivity index (χ4n) is 9.80. The lowest BCUT2D eigenvalue weighted by atomic mass is 9.42. The van der Waals surface area contributed by atoms with Crippen molar-refractivity contribution < 1.29 is 9.59 Å². The fourth-order valence-corrected chi connectivity index (χ4v) is 14.1. The van der Waals surface area contributed by atoms with Crippen LogP contribution in [0.1, 0.15) is 40.5 Å². The molecule has 164 valence electrons. The summed E-state index contributed by atoms with van der Waals surface area (Å²) in [6.07, 6.45) is 2.42. The summed E-state index contributed by atoms with van der Waals surface area (Å²) in [7, 11) is -1.67. The molecule has 1 heterocycles. The predicted molar refractivity (Wildman–Crippen MR) is 126 cm³/mol. The molecule has 0 aromatic heterocycles. The summed E-state index contributed by atoms with van der Waals surface area (Å²) >= 11 is 0. The van der Waals surface area contributed by atoms with Crippen molar-refractivity contribution in [3.05, 3.63) is 41.5 Å². The lowest BCUT2D eigenvalue weighted by Gasteiger charge is -2.61. The molecular formula is C27H35NO2Si. The van der Waals surface area contributed by atoms with Crippen LogP contribution in [0.5, 0.6) is 0 Å². The highest BCUT2D eigenvalue weighted by atomic mass is 28.3. The molecule has 0 spiro atoms. The number of carbonyl (C=O) groups is 2. The van der Waals surface area contributed by atoms with Crippen LogP contribution in [0.25, 0.3) is 0 Å². The molecule has 0 N–H and O–H groups in total. The molecule has 6 aliphatic rings. The molecule has 3 nitrogen and oxygen atoms in total. The number of benzene rings is 1. The molecule has 4 heteroatoms. The second-order valence-corrected chi connectivity index (χ2v) is 18.4. The number of anilines is 1. The Morgan fingerprint density at radius 2 is 1.48 bits per heavy atom. The lowest BCUT2D eigenvalue weighted by molar-refractivity contribution is -0.124. The molecule has 0 radical (unpaired) electrons. The molecule has 7 atom stereocenters. The molecule has 0 unspecified atom stereocenters. The van der Waals surface area contributed by atoms with Gasteiger partial charge in [0, 0.05) is 18.9 Å². The zero-order valence-electron chi connectivity index (χ0n) is 20.0. The molecule has 3 fully saturated rings. The Kier molecular flexibility index (Phi) is 3.50. The number of para-hydroxylation sites is 1. The van der Waals surface area contributed by atoms with Gasteiger partial charge >= 0.3 is 0 Å². The Labute approximate surface area is 187 Å². The second-order valence-electron chi connectivity index (χ2n) is 13.1. The minimum Gasteiger partial charge on any atom is -0.274 e. The molecule has 1 aromatic carbocycles. The standard InChI is InChI=1S/C27H35NO2Si/c1-25(2)15-13-17(25)19-18(14-15)26(3)20-21(27(19,4)24(26)31(5,6)7)23(30)28(22(20)29)16-11-9-8-10-12-16/h8-12,15,17,20-21,24H,13-14H2,1-7H3/t15-,17-,20-,21+,24+,26+,27+/m1/s1. The molecule has 4 bridgehead atoms. The van der Waals surface area contributed by atoms with Gasteiger partial charge in [-0.3, -0.25) is 14.5 Å².